The van der Waals surface area contributed by atoms with Gasteiger partial charge in [0.2, 0.25) is 0 Å². The van der Waals surface area contributed by atoms with Gasteiger partial charge in [-0.1, -0.05) is 12.8 Å². The average Bonchev–Trinajstić information content (AvgIpc) is 2.92. The molecule has 0 aromatic carbocycles. The van der Waals surface area contributed by atoms with Crippen LogP contribution in [0.4, 0.5) is 0 Å². The fourth-order valence-corrected chi connectivity index (χ4v) is 2.66. The van der Waals surface area contributed by atoms with Gasteiger partial charge in [0, 0.05) is 25.3 Å². The molecule has 1 fully saturated rings. The van der Waals surface area contributed by atoms with Gasteiger partial charge < -0.3 is 5.11 Å². The Balaban J connectivity index is 2.05. The molecule has 0 bridgehead atoms. The maximum absolute atomic E-state index is 9.17. The van der Waals surface area contributed by atoms with Gasteiger partial charge in [-0.15, -0.1) is 0 Å². The molecule has 1 aromatic heterocycles. The Labute approximate surface area is 108 Å². The van der Waals surface area contributed by atoms with Crippen LogP contribution in [0.3, 0.4) is 0 Å². The standard InChI is InChI=1S/C14H19N3O/c15-10-13-9-12(5-6-16-13)11-17(7-8-18)14-3-1-2-4-14/h5-6,9,14,18H,1-4,7-8,11H2. The highest BCUT2D eigenvalue weighted by molar-refractivity contribution is 5.25. The minimum Gasteiger partial charge on any atom is -0.395 e. The monoisotopic (exact) mass is 245 g/mol. The van der Waals surface area contributed by atoms with Crippen LogP contribution in [0, 0.1) is 11.3 Å². The van der Waals surface area contributed by atoms with Gasteiger partial charge in [0.15, 0.2) is 0 Å². The van der Waals surface area contributed by atoms with E-state index >= 15 is 0 Å². The lowest BCUT2D eigenvalue weighted by atomic mass is 10.1. The number of nitriles is 1. The van der Waals surface area contributed by atoms with E-state index in [9.17, 15) is 0 Å². The molecule has 18 heavy (non-hydrogen) atoms. The van der Waals surface area contributed by atoms with Crippen molar-refractivity contribution in [1.82, 2.24) is 9.88 Å². The highest BCUT2D eigenvalue weighted by Crippen LogP contribution is 2.24. The molecule has 1 aliphatic rings. The van der Waals surface area contributed by atoms with E-state index < -0.39 is 0 Å². The molecule has 0 atom stereocenters. The molecular weight excluding hydrogens is 226 g/mol. The third-order valence-electron chi connectivity index (χ3n) is 3.55. The Bertz CT molecular complexity index is 421. The van der Waals surface area contributed by atoms with E-state index in [1.165, 1.54) is 25.7 Å². The lowest BCUT2D eigenvalue weighted by molar-refractivity contribution is 0.145. The van der Waals surface area contributed by atoms with Crippen molar-refractivity contribution < 1.29 is 5.11 Å². The van der Waals surface area contributed by atoms with Crippen molar-refractivity contribution in [3.8, 4) is 6.07 Å². The van der Waals surface area contributed by atoms with Crippen LogP contribution in [0.1, 0.15) is 36.9 Å². The molecule has 0 spiro atoms. The largest absolute Gasteiger partial charge is 0.395 e. The molecule has 1 aliphatic carbocycles. The summed E-state index contributed by atoms with van der Waals surface area (Å²) in [4.78, 5) is 6.30. The zero-order chi connectivity index (χ0) is 12.8. The average molecular weight is 245 g/mol. The highest BCUT2D eigenvalue weighted by Gasteiger charge is 2.22. The van der Waals surface area contributed by atoms with E-state index in [1.54, 1.807) is 6.20 Å². The predicted octanol–water partition coefficient (Wildman–Crippen LogP) is 1.69. The van der Waals surface area contributed by atoms with Crippen LogP contribution in [-0.2, 0) is 6.54 Å². The fourth-order valence-electron chi connectivity index (χ4n) is 2.66. The number of aliphatic hydroxyl groups excluding tert-OH is 1. The Morgan fingerprint density at radius 3 is 2.89 bits per heavy atom. The van der Waals surface area contributed by atoms with Crippen LogP contribution >= 0.6 is 0 Å². The van der Waals surface area contributed by atoms with Crippen LogP contribution in [0.5, 0.6) is 0 Å². The molecule has 4 nitrogen and oxygen atoms in total. The van der Waals surface area contributed by atoms with Crippen LogP contribution in [0.15, 0.2) is 18.3 Å². The third-order valence-corrected chi connectivity index (χ3v) is 3.55. The Kier molecular flexibility index (Phi) is 4.68. The minimum absolute atomic E-state index is 0.187. The second kappa shape index (κ2) is 6.48. The van der Waals surface area contributed by atoms with E-state index in [-0.39, 0.29) is 6.61 Å². The maximum atomic E-state index is 9.17. The second-order valence-corrected chi connectivity index (χ2v) is 4.79. The first-order valence-electron chi connectivity index (χ1n) is 6.53. The van der Waals surface area contributed by atoms with Gasteiger partial charge in [-0.25, -0.2) is 4.98 Å². The zero-order valence-electron chi connectivity index (χ0n) is 10.5. The summed E-state index contributed by atoms with van der Waals surface area (Å²) in [6.07, 6.45) is 6.69. The van der Waals surface area contributed by atoms with Gasteiger partial charge in [-0.05, 0) is 30.5 Å². The van der Waals surface area contributed by atoms with Gasteiger partial charge in [0.05, 0.1) is 6.61 Å². The molecule has 1 aromatic rings. The van der Waals surface area contributed by atoms with Crippen LogP contribution in [-0.4, -0.2) is 34.2 Å². The van der Waals surface area contributed by atoms with E-state index in [0.717, 1.165) is 12.1 Å². The summed E-state index contributed by atoms with van der Waals surface area (Å²) in [5.74, 6) is 0. The fraction of sp³-hybridized carbons (Fsp3) is 0.571. The topological polar surface area (TPSA) is 60.2 Å². The summed E-state index contributed by atoms with van der Waals surface area (Å²) >= 11 is 0. The predicted molar refractivity (Wildman–Crippen MR) is 68.7 cm³/mol. The summed E-state index contributed by atoms with van der Waals surface area (Å²) in [6.45, 7) is 1.68. The Morgan fingerprint density at radius 2 is 2.22 bits per heavy atom. The molecule has 96 valence electrons. The second-order valence-electron chi connectivity index (χ2n) is 4.79. The number of aliphatic hydroxyl groups is 1. The van der Waals surface area contributed by atoms with Crippen molar-refractivity contribution in [2.75, 3.05) is 13.2 Å². The SMILES string of the molecule is N#Cc1cc(CN(CCO)C2CCCC2)ccn1. The van der Waals surface area contributed by atoms with Crippen molar-refractivity contribution in [3.63, 3.8) is 0 Å². The smallest absolute Gasteiger partial charge is 0.140 e. The minimum atomic E-state index is 0.187. The molecule has 4 heteroatoms. The first-order valence-corrected chi connectivity index (χ1v) is 6.53. The molecular formula is C14H19N3O. The van der Waals surface area contributed by atoms with Gasteiger partial charge in [-0.2, -0.15) is 5.26 Å². The lowest BCUT2D eigenvalue weighted by Gasteiger charge is -2.28. The Hall–Kier alpha value is -1.44. The van der Waals surface area contributed by atoms with Gasteiger partial charge >= 0.3 is 0 Å². The molecule has 1 heterocycles. The third kappa shape index (κ3) is 3.28. The number of hydrogen-bond acceptors (Lipinski definition) is 4. The number of nitrogens with zero attached hydrogens (tertiary/aromatic N) is 3. The van der Waals surface area contributed by atoms with Crippen molar-refractivity contribution in [2.45, 2.75) is 38.3 Å². The van der Waals surface area contributed by atoms with E-state index in [2.05, 4.69) is 16.0 Å². The summed E-state index contributed by atoms with van der Waals surface area (Å²) in [5.41, 5.74) is 1.56. The van der Waals surface area contributed by atoms with Crippen molar-refractivity contribution in [1.29, 1.82) is 5.26 Å². The van der Waals surface area contributed by atoms with Gasteiger partial charge in [0.25, 0.3) is 0 Å². The van der Waals surface area contributed by atoms with Crippen LogP contribution < -0.4 is 0 Å². The molecule has 0 unspecified atom stereocenters. The number of pyridine rings is 1. The van der Waals surface area contributed by atoms with Crippen LogP contribution in [0.25, 0.3) is 0 Å². The van der Waals surface area contributed by atoms with E-state index in [1.807, 2.05) is 12.1 Å². The number of aromatic nitrogens is 1. The van der Waals surface area contributed by atoms with Crippen LogP contribution in [0.2, 0.25) is 0 Å². The molecule has 0 radical (unpaired) electrons. The first kappa shape index (κ1) is 13.0. The molecule has 0 aliphatic heterocycles. The maximum Gasteiger partial charge on any atom is 0.140 e. The highest BCUT2D eigenvalue weighted by atomic mass is 16.3. The summed E-state index contributed by atoms with van der Waals surface area (Å²) in [6, 6.07) is 6.42. The molecule has 2 rings (SSSR count). The van der Waals surface area contributed by atoms with E-state index in [4.69, 9.17) is 10.4 Å². The molecule has 1 saturated carbocycles. The number of hydrogen-bond donors (Lipinski definition) is 1. The quantitative estimate of drug-likeness (QED) is 0.857. The molecule has 0 saturated heterocycles. The van der Waals surface area contributed by atoms with Crippen molar-refractivity contribution in [3.05, 3.63) is 29.6 Å². The summed E-state index contributed by atoms with van der Waals surface area (Å²) in [5, 5.41) is 18.0. The van der Waals surface area contributed by atoms with Crippen molar-refractivity contribution >= 4 is 0 Å². The molecule has 1 N–H and O–H groups in total. The lowest BCUT2D eigenvalue weighted by Crippen LogP contribution is -2.35. The zero-order valence-corrected chi connectivity index (χ0v) is 10.5. The van der Waals surface area contributed by atoms with E-state index in [0.29, 0.717) is 18.3 Å². The normalized spacial score (nSPS) is 16.1. The summed E-state index contributed by atoms with van der Waals surface area (Å²) < 4.78 is 0. The molecule has 0 amide bonds. The first-order chi connectivity index (χ1) is 8.83. The summed E-state index contributed by atoms with van der Waals surface area (Å²) in [7, 11) is 0. The van der Waals surface area contributed by atoms with Crippen molar-refractivity contribution in [2.24, 2.45) is 0 Å². The Morgan fingerprint density at radius 1 is 1.44 bits per heavy atom. The van der Waals surface area contributed by atoms with Gasteiger partial charge in [0.1, 0.15) is 11.8 Å². The van der Waals surface area contributed by atoms with Gasteiger partial charge in [-0.3, -0.25) is 4.90 Å². The number of rotatable bonds is 5.